The number of hydrogen-bond donors (Lipinski definition) is 1. The van der Waals surface area contributed by atoms with Crippen LogP contribution in [0.1, 0.15) is 29.5 Å². The number of rotatable bonds is 7. The van der Waals surface area contributed by atoms with Gasteiger partial charge in [-0.25, -0.2) is 13.1 Å². The molecule has 0 unspecified atom stereocenters. The highest BCUT2D eigenvalue weighted by molar-refractivity contribution is 7.89. The van der Waals surface area contributed by atoms with Crippen molar-refractivity contribution in [2.45, 2.75) is 39.0 Å². The molecular weight excluding hydrogens is 316 g/mol. The summed E-state index contributed by atoms with van der Waals surface area (Å²) < 4.78 is 37.6. The average molecular weight is 338 g/mol. The zero-order valence-electron chi connectivity index (χ0n) is 13.8. The molecule has 23 heavy (non-hydrogen) atoms. The first-order valence-electron chi connectivity index (χ1n) is 7.50. The second-order valence-electron chi connectivity index (χ2n) is 5.33. The molecule has 1 aromatic heterocycles. The first kappa shape index (κ1) is 17.5. The highest BCUT2D eigenvalue weighted by Crippen LogP contribution is 2.20. The fourth-order valence-electron chi connectivity index (χ4n) is 2.44. The smallest absolute Gasteiger partial charge is 0.245 e. The van der Waals surface area contributed by atoms with Gasteiger partial charge in [0.15, 0.2) is 5.76 Å². The van der Waals surface area contributed by atoms with Crippen molar-refractivity contribution in [3.05, 3.63) is 40.8 Å². The summed E-state index contributed by atoms with van der Waals surface area (Å²) in [5.41, 5.74) is 2.46. The van der Waals surface area contributed by atoms with Crippen LogP contribution >= 0.6 is 0 Å². The van der Waals surface area contributed by atoms with Crippen LogP contribution in [-0.4, -0.2) is 26.7 Å². The zero-order chi connectivity index (χ0) is 17.0. The summed E-state index contributed by atoms with van der Waals surface area (Å²) in [5.74, 6) is 1.15. The Kier molecular flexibility index (Phi) is 5.43. The minimum atomic E-state index is -3.61. The lowest BCUT2D eigenvalue weighted by molar-refractivity contribution is 0.338. The number of ether oxygens (including phenoxy) is 1. The Morgan fingerprint density at radius 3 is 2.57 bits per heavy atom. The summed E-state index contributed by atoms with van der Waals surface area (Å²) >= 11 is 0. The molecule has 0 spiro atoms. The van der Waals surface area contributed by atoms with Gasteiger partial charge in [-0.1, -0.05) is 17.3 Å². The van der Waals surface area contributed by atoms with Crippen molar-refractivity contribution in [3.63, 3.8) is 0 Å². The molecule has 1 N–H and O–H groups in total. The highest BCUT2D eigenvalue weighted by Gasteiger charge is 2.23. The van der Waals surface area contributed by atoms with Crippen LogP contribution in [0, 0.1) is 20.8 Å². The number of nitrogens with zero attached hydrogens (tertiary/aromatic N) is 1. The topological polar surface area (TPSA) is 81.4 Å². The lowest BCUT2D eigenvalue weighted by Crippen LogP contribution is -2.26. The van der Waals surface area contributed by atoms with E-state index in [9.17, 15) is 8.42 Å². The van der Waals surface area contributed by atoms with Crippen LogP contribution in [0.2, 0.25) is 0 Å². The van der Waals surface area contributed by atoms with Crippen molar-refractivity contribution in [2.75, 3.05) is 13.2 Å². The first-order chi connectivity index (χ1) is 10.8. The molecule has 0 saturated heterocycles. The highest BCUT2D eigenvalue weighted by atomic mass is 32.2. The van der Waals surface area contributed by atoms with Gasteiger partial charge in [-0.2, -0.15) is 0 Å². The van der Waals surface area contributed by atoms with E-state index in [-0.39, 0.29) is 4.90 Å². The third-order valence-corrected chi connectivity index (χ3v) is 5.19. The first-order valence-corrected chi connectivity index (χ1v) is 8.98. The normalized spacial score (nSPS) is 11.7. The molecule has 2 rings (SSSR count). The van der Waals surface area contributed by atoms with Gasteiger partial charge in [-0.15, -0.1) is 0 Å². The van der Waals surface area contributed by atoms with E-state index in [1.807, 2.05) is 32.0 Å². The van der Waals surface area contributed by atoms with Gasteiger partial charge >= 0.3 is 0 Å². The molecule has 0 bridgehead atoms. The largest absolute Gasteiger partial charge is 0.494 e. The van der Waals surface area contributed by atoms with Gasteiger partial charge < -0.3 is 9.26 Å². The van der Waals surface area contributed by atoms with E-state index in [1.165, 1.54) is 0 Å². The summed E-state index contributed by atoms with van der Waals surface area (Å²) in [4.78, 5) is 0.125. The predicted molar refractivity (Wildman–Crippen MR) is 87.2 cm³/mol. The fourth-order valence-corrected chi connectivity index (χ4v) is 3.80. The van der Waals surface area contributed by atoms with Gasteiger partial charge in [0.2, 0.25) is 10.0 Å². The van der Waals surface area contributed by atoms with E-state index >= 15 is 0 Å². The van der Waals surface area contributed by atoms with Crippen LogP contribution in [0.3, 0.4) is 0 Å². The van der Waals surface area contributed by atoms with Crippen LogP contribution in [0.5, 0.6) is 5.75 Å². The fraction of sp³-hybridized carbons (Fsp3) is 0.438. The molecule has 0 radical (unpaired) electrons. The van der Waals surface area contributed by atoms with Crippen LogP contribution in [-0.2, 0) is 16.4 Å². The van der Waals surface area contributed by atoms with Gasteiger partial charge in [0, 0.05) is 6.54 Å². The summed E-state index contributed by atoms with van der Waals surface area (Å²) in [7, 11) is -3.61. The van der Waals surface area contributed by atoms with Crippen molar-refractivity contribution in [1.29, 1.82) is 0 Å². The van der Waals surface area contributed by atoms with Crippen molar-refractivity contribution >= 4 is 10.0 Å². The van der Waals surface area contributed by atoms with Crippen LogP contribution in [0.15, 0.2) is 27.6 Å². The summed E-state index contributed by atoms with van der Waals surface area (Å²) in [6.45, 7) is 8.04. The third kappa shape index (κ3) is 4.11. The zero-order valence-corrected chi connectivity index (χ0v) is 14.7. The maximum Gasteiger partial charge on any atom is 0.245 e. The van der Waals surface area contributed by atoms with E-state index in [4.69, 9.17) is 9.26 Å². The number of benzene rings is 1. The lowest BCUT2D eigenvalue weighted by Gasteiger charge is -2.10. The minimum absolute atomic E-state index is 0.125. The molecule has 0 fully saturated rings. The van der Waals surface area contributed by atoms with Crippen LogP contribution in [0.4, 0.5) is 0 Å². The quantitative estimate of drug-likeness (QED) is 0.839. The molecule has 6 nitrogen and oxygen atoms in total. The molecule has 126 valence electrons. The average Bonchev–Trinajstić information content (AvgIpc) is 2.81. The summed E-state index contributed by atoms with van der Waals surface area (Å²) in [6, 6.07) is 5.87. The monoisotopic (exact) mass is 338 g/mol. The molecule has 7 heteroatoms. The van der Waals surface area contributed by atoms with Gasteiger partial charge in [0.05, 0.1) is 6.61 Å². The van der Waals surface area contributed by atoms with Crippen molar-refractivity contribution in [1.82, 2.24) is 9.88 Å². The lowest BCUT2D eigenvalue weighted by atomic mass is 10.1. The van der Waals surface area contributed by atoms with Crippen LogP contribution < -0.4 is 9.46 Å². The second kappa shape index (κ2) is 7.14. The Bertz CT molecular complexity index is 762. The molecule has 0 aliphatic rings. The van der Waals surface area contributed by atoms with Gasteiger partial charge in [-0.3, -0.25) is 0 Å². The Morgan fingerprint density at radius 1 is 1.26 bits per heavy atom. The third-order valence-electron chi connectivity index (χ3n) is 3.48. The van der Waals surface area contributed by atoms with Gasteiger partial charge in [0.25, 0.3) is 0 Å². The number of aryl methyl sites for hydroxylation is 3. The summed E-state index contributed by atoms with van der Waals surface area (Å²) in [6.07, 6.45) is 0.593. The van der Waals surface area contributed by atoms with E-state index in [2.05, 4.69) is 9.88 Å². The van der Waals surface area contributed by atoms with Crippen molar-refractivity contribution in [3.8, 4) is 5.75 Å². The number of nitrogens with one attached hydrogen (secondary N) is 1. The standard InChI is InChI=1S/C16H22N2O4S/c1-5-21-15-7-6-14(10-11(15)2)8-9-17-23(19,20)16-12(3)18-22-13(16)4/h6-7,10,17H,5,8-9H2,1-4H3. The van der Waals surface area contributed by atoms with Gasteiger partial charge in [0.1, 0.15) is 16.3 Å². The number of sulfonamides is 1. The van der Waals surface area contributed by atoms with Crippen molar-refractivity contribution in [2.24, 2.45) is 0 Å². The second-order valence-corrected chi connectivity index (χ2v) is 7.04. The Labute approximate surface area is 136 Å². The molecule has 0 aliphatic heterocycles. The van der Waals surface area contributed by atoms with E-state index < -0.39 is 10.0 Å². The van der Waals surface area contributed by atoms with E-state index in [1.54, 1.807) is 13.8 Å². The SMILES string of the molecule is CCOc1ccc(CCNS(=O)(=O)c2c(C)noc2C)cc1C. The minimum Gasteiger partial charge on any atom is -0.494 e. The molecule has 0 atom stereocenters. The maximum absolute atomic E-state index is 12.3. The Hall–Kier alpha value is -1.86. The maximum atomic E-state index is 12.3. The molecule has 1 aromatic carbocycles. The number of aromatic nitrogens is 1. The molecule has 0 aliphatic carbocycles. The van der Waals surface area contributed by atoms with Crippen molar-refractivity contribution < 1.29 is 17.7 Å². The Morgan fingerprint density at radius 2 is 2.00 bits per heavy atom. The molecule has 0 amide bonds. The molecular formula is C16H22N2O4S. The van der Waals surface area contributed by atoms with Gasteiger partial charge in [-0.05, 0) is 51.3 Å². The van der Waals surface area contributed by atoms with E-state index in [0.29, 0.717) is 31.0 Å². The Balaban J connectivity index is 2.01. The van der Waals surface area contributed by atoms with E-state index in [0.717, 1.165) is 16.9 Å². The summed E-state index contributed by atoms with van der Waals surface area (Å²) in [5, 5.41) is 3.68. The molecule has 0 saturated carbocycles. The molecule has 2 aromatic rings. The van der Waals surface area contributed by atoms with Crippen LogP contribution in [0.25, 0.3) is 0 Å². The number of hydrogen-bond acceptors (Lipinski definition) is 5. The predicted octanol–water partition coefficient (Wildman–Crippen LogP) is 2.52. The molecule has 1 heterocycles.